The molecule has 8 nitrogen and oxygen atoms in total. The van der Waals surface area contributed by atoms with Gasteiger partial charge in [0.25, 0.3) is 0 Å². The summed E-state index contributed by atoms with van der Waals surface area (Å²) in [4.78, 5) is 17.4. The van der Waals surface area contributed by atoms with E-state index in [0.29, 0.717) is 0 Å². The zero-order chi connectivity index (χ0) is 22.1. The first kappa shape index (κ1) is 22.2. The number of nitrogens with zero attached hydrogens (tertiary/aromatic N) is 3. The van der Waals surface area contributed by atoms with Gasteiger partial charge in [0.15, 0.2) is 0 Å². The minimum Gasteiger partial charge on any atom is -0.444 e. The van der Waals surface area contributed by atoms with Gasteiger partial charge in [0, 0.05) is 43.1 Å². The second-order valence-electron chi connectivity index (χ2n) is 7.72. The van der Waals surface area contributed by atoms with Crippen molar-refractivity contribution in [1.29, 1.82) is 0 Å². The molecule has 1 aliphatic rings. The van der Waals surface area contributed by atoms with E-state index >= 15 is 0 Å². The molecule has 0 bridgehead atoms. The van der Waals surface area contributed by atoms with Crippen molar-refractivity contribution in [3.05, 3.63) is 30.5 Å². The lowest BCUT2D eigenvalue weighted by Gasteiger charge is -2.35. The lowest BCUT2D eigenvalue weighted by Crippen LogP contribution is -2.51. The van der Waals surface area contributed by atoms with Gasteiger partial charge < -0.3 is 14.4 Å². The molecule has 1 amide bonds. The number of ether oxygens (including phenoxy) is 2. The minimum atomic E-state index is -3.93. The summed E-state index contributed by atoms with van der Waals surface area (Å²) in [6.07, 6.45) is 0.726. The van der Waals surface area contributed by atoms with Crippen LogP contribution in [-0.4, -0.2) is 67.1 Å². The predicted octanol–water partition coefficient (Wildman–Crippen LogP) is 3.08. The van der Waals surface area contributed by atoms with Crippen molar-refractivity contribution in [2.24, 2.45) is 0 Å². The van der Waals surface area contributed by atoms with Gasteiger partial charge in [-0.15, -0.1) is 0 Å². The van der Waals surface area contributed by atoms with Crippen LogP contribution in [-0.2, 0) is 14.8 Å². The molecule has 2 heterocycles. The summed E-state index contributed by atoms with van der Waals surface area (Å²) in [5.41, 5.74) is -0.644. The van der Waals surface area contributed by atoms with E-state index < -0.39 is 28.3 Å². The van der Waals surface area contributed by atoms with E-state index in [9.17, 15) is 22.0 Å². The van der Waals surface area contributed by atoms with E-state index in [0.717, 1.165) is 0 Å². The number of benzene rings is 1. The number of alkyl halides is 2. The van der Waals surface area contributed by atoms with E-state index in [1.54, 1.807) is 20.8 Å². The number of piperazine rings is 1. The van der Waals surface area contributed by atoms with Crippen molar-refractivity contribution in [3.63, 3.8) is 0 Å². The number of amides is 1. The number of aromatic nitrogens is 1. The molecule has 0 radical (unpaired) electrons. The Morgan fingerprint density at radius 1 is 1.10 bits per heavy atom. The largest absolute Gasteiger partial charge is 0.444 e. The molecule has 1 aliphatic heterocycles. The Kier molecular flexibility index (Phi) is 6.14. The highest BCUT2D eigenvalue weighted by Crippen LogP contribution is 2.31. The fourth-order valence-electron chi connectivity index (χ4n) is 3.13. The van der Waals surface area contributed by atoms with Crippen LogP contribution in [0.15, 0.2) is 35.4 Å². The Labute approximate surface area is 173 Å². The van der Waals surface area contributed by atoms with E-state index in [1.807, 2.05) is 0 Å². The third-order valence-corrected chi connectivity index (χ3v) is 6.40. The average molecular weight is 443 g/mol. The fraction of sp³-hybridized carbons (Fsp3) is 0.474. The molecule has 0 N–H and O–H groups in total. The summed E-state index contributed by atoms with van der Waals surface area (Å²) < 4.78 is 62.7. The van der Waals surface area contributed by atoms with Gasteiger partial charge in [-0.1, -0.05) is 6.07 Å². The zero-order valence-corrected chi connectivity index (χ0v) is 17.7. The fourth-order valence-corrected chi connectivity index (χ4v) is 4.76. The van der Waals surface area contributed by atoms with Crippen LogP contribution in [0.5, 0.6) is 5.88 Å². The minimum absolute atomic E-state index is 0.0350. The van der Waals surface area contributed by atoms with Crippen molar-refractivity contribution in [2.75, 3.05) is 26.2 Å². The topological polar surface area (TPSA) is 89.0 Å². The summed E-state index contributed by atoms with van der Waals surface area (Å²) in [5, 5.41) is 0.406. The maximum Gasteiger partial charge on any atom is 0.410 e. The van der Waals surface area contributed by atoms with Crippen LogP contribution in [0, 0.1) is 0 Å². The van der Waals surface area contributed by atoms with Gasteiger partial charge in [-0.25, -0.2) is 18.2 Å². The van der Waals surface area contributed by atoms with Gasteiger partial charge >= 0.3 is 12.7 Å². The Balaban J connectivity index is 1.83. The van der Waals surface area contributed by atoms with Crippen LogP contribution in [0.25, 0.3) is 10.8 Å². The maximum absolute atomic E-state index is 13.2. The van der Waals surface area contributed by atoms with Crippen molar-refractivity contribution >= 4 is 26.9 Å². The van der Waals surface area contributed by atoms with Gasteiger partial charge in [0.2, 0.25) is 15.9 Å². The van der Waals surface area contributed by atoms with E-state index in [4.69, 9.17) is 4.74 Å². The molecule has 1 fully saturated rings. The zero-order valence-electron chi connectivity index (χ0n) is 16.8. The number of rotatable bonds is 4. The summed E-state index contributed by atoms with van der Waals surface area (Å²) in [6.45, 7) is 2.73. The van der Waals surface area contributed by atoms with E-state index in [-0.39, 0.29) is 47.7 Å². The Morgan fingerprint density at radius 3 is 2.37 bits per heavy atom. The van der Waals surface area contributed by atoms with Gasteiger partial charge in [-0.3, -0.25) is 0 Å². The number of fused-ring (bicyclic) bond motifs is 1. The quantitative estimate of drug-likeness (QED) is 0.722. The van der Waals surface area contributed by atoms with Gasteiger partial charge in [0.05, 0.1) is 4.90 Å². The molecular formula is C19H23F2N3O5S. The Hall–Kier alpha value is -2.53. The third-order valence-electron chi connectivity index (χ3n) is 4.44. The maximum atomic E-state index is 13.2. The smallest absolute Gasteiger partial charge is 0.410 e. The van der Waals surface area contributed by atoms with Crippen LogP contribution in [0.4, 0.5) is 13.6 Å². The summed E-state index contributed by atoms with van der Waals surface area (Å²) in [6, 6.07) is 5.77. The molecule has 11 heteroatoms. The molecule has 30 heavy (non-hydrogen) atoms. The average Bonchev–Trinajstić information content (AvgIpc) is 2.66. The second-order valence-corrected chi connectivity index (χ2v) is 9.62. The van der Waals surface area contributed by atoms with Crippen LogP contribution in [0.2, 0.25) is 0 Å². The molecule has 0 spiro atoms. The highest BCUT2D eigenvalue weighted by Gasteiger charge is 2.33. The highest BCUT2D eigenvalue weighted by atomic mass is 32.2. The first-order chi connectivity index (χ1) is 14.0. The summed E-state index contributed by atoms with van der Waals surface area (Å²) in [5.74, 6) is -0.339. The van der Waals surface area contributed by atoms with Crippen LogP contribution < -0.4 is 4.74 Å². The van der Waals surface area contributed by atoms with Crippen LogP contribution in [0.3, 0.4) is 0 Å². The molecule has 164 valence electrons. The van der Waals surface area contributed by atoms with Crippen molar-refractivity contribution in [3.8, 4) is 5.88 Å². The lowest BCUT2D eigenvalue weighted by molar-refractivity contribution is -0.0517. The standard InChI is InChI=1S/C19H23F2N3O5S/c1-19(2,3)29-18(25)23-9-11-24(12-10-23)30(26,27)15-6-4-5-14-13(15)7-8-22-16(14)28-17(20)21/h4-8,17H,9-12H2,1-3H3. The molecule has 1 aromatic carbocycles. The number of pyridine rings is 1. The number of halogens is 2. The number of carbonyl (C=O) groups is 1. The van der Waals surface area contributed by atoms with Crippen LogP contribution >= 0.6 is 0 Å². The van der Waals surface area contributed by atoms with E-state index in [1.165, 1.54) is 39.7 Å². The SMILES string of the molecule is CC(C)(C)OC(=O)N1CCN(S(=O)(=O)c2cccc3c(OC(F)F)nccc23)CC1. The Morgan fingerprint density at radius 2 is 1.77 bits per heavy atom. The summed E-state index contributed by atoms with van der Waals surface area (Å²) >= 11 is 0. The molecule has 0 atom stereocenters. The van der Waals surface area contributed by atoms with Crippen molar-refractivity contribution in [2.45, 2.75) is 37.9 Å². The van der Waals surface area contributed by atoms with Gasteiger partial charge in [0.1, 0.15) is 5.60 Å². The molecular weight excluding hydrogens is 420 g/mol. The van der Waals surface area contributed by atoms with Gasteiger partial charge in [-0.2, -0.15) is 13.1 Å². The molecule has 0 saturated carbocycles. The monoisotopic (exact) mass is 443 g/mol. The Bertz CT molecular complexity index is 1030. The summed E-state index contributed by atoms with van der Waals surface area (Å²) in [7, 11) is -3.93. The molecule has 0 unspecified atom stereocenters. The third kappa shape index (κ3) is 4.78. The van der Waals surface area contributed by atoms with Crippen molar-refractivity contribution in [1.82, 2.24) is 14.2 Å². The van der Waals surface area contributed by atoms with Crippen molar-refractivity contribution < 1.29 is 31.5 Å². The molecule has 2 aromatic rings. The number of hydrogen-bond donors (Lipinski definition) is 0. The lowest BCUT2D eigenvalue weighted by atomic mass is 10.2. The molecule has 0 aliphatic carbocycles. The predicted molar refractivity (Wildman–Crippen MR) is 105 cm³/mol. The molecule has 3 rings (SSSR count). The first-order valence-electron chi connectivity index (χ1n) is 9.30. The highest BCUT2D eigenvalue weighted by molar-refractivity contribution is 7.89. The second kappa shape index (κ2) is 8.31. The number of hydrogen-bond acceptors (Lipinski definition) is 6. The van der Waals surface area contributed by atoms with E-state index in [2.05, 4.69) is 9.72 Å². The number of sulfonamides is 1. The first-order valence-corrected chi connectivity index (χ1v) is 10.7. The molecule has 1 aromatic heterocycles. The number of carbonyl (C=O) groups excluding carboxylic acids is 1. The normalized spacial score (nSPS) is 16.1. The molecule has 1 saturated heterocycles. The van der Waals surface area contributed by atoms with Crippen LogP contribution in [0.1, 0.15) is 20.8 Å². The van der Waals surface area contributed by atoms with Gasteiger partial charge in [-0.05, 0) is 39.0 Å².